The van der Waals surface area contributed by atoms with Crippen LogP contribution >= 0.6 is 0 Å². The molecular weight excluding hydrogens is 867 g/mol. The molecule has 0 bridgehead atoms. The van der Waals surface area contributed by atoms with E-state index in [9.17, 15) is 0 Å². The van der Waals surface area contributed by atoms with Crippen molar-refractivity contribution in [1.82, 2.24) is 0 Å². The maximum atomic E-state index is 2.58. The minimum atomic E-state index is -0.562. The van der Waals surface area contributed by atoms with Gasteiger partial charge in [0.1, 0.15) is 0 Å². The number of para-hydroxylation sites is 2. The lowest BCUT2D eigenvalue weighted by molar-refractivity contribution is 0.445. The quantitative estimate of drug-likeness (QED) is 0.132. The Bertz CT molecular complexity index is 3690. The summed E-state index contributed by atoms with van der Waals surface area (Å²) in [5.74, 6) is 0.547. The van der Waals surface area contributed by atoms with Gasteiger partial charge in [-0.3, -0.25) is 0 Å². The highest BCUT2D eigenvalue weighted by Crippen LogP contribution is 2.58. The van der Waals surface area contributed by atoms with E-state index in [4.69, 9.17) is 0 Å². The zero-order valence-electron chi connectivity index (χ0n) is 40.5. The molecule has 0 radical (unpaired) electrons. The topological polar surface area (TPSA) is 3.24 Å². The van der Waals surface area contributed by atoms with Gasteiger partial charge in [-0.1, -0.05) is 262 Å². The summed E-state index contributed by atoms with van der Waals surface area (Å²) in [5, 5.41) is 2.68. The lowest BCUT2D eigenvalue weighted by Crippen LogP contribution is -2.28. The predicted octanol–water partition coefficient (Wildman–Crippen LogP) is 19.4. The number of hydrogen-bond donors (Lipinski definition) is 0. The number of hydrogen-bond acceptors (Lipinski definition) is 1. The van der Waals surface area contributed by atoms with E-state index in [0.29, 0.717) is 5.92 Å². The van der Waals surface area contributed by atoms with Crippen LogP contribution in [0.5, 0.6) is 0 Å². The van der Waals surface area contributed by atoms with Crippen LogP contribution < -0.4 is 4.90 Å². The molecule has 1 saturated carbocycles. The molecule has 0 unspecified atom stereocenters. The summed E-state index contributed by atoms with van der Waals surface area (Å²) in [4.78, 5) is 2.58. The van der Waals surface area contributed by atoms with Crippen molar-refractivity contribution < 1.29 is 0 Å². The second kappa shape index (κ2) is 18.7. The Balaban J connectivity index is 1.10. The normalized spacial score (nSPS) is 13.9. The summed E-state index contributed by atoms with van der Waals surface area (Å²) < 4.78 is 0. The van der Waals surface area contributed by atoms with Gasteiger partial charge >= 0.3 is 0 Å². The molecule has 0 amide bonds. The molecule has 11 aromatic carbocycles. The number of anilines is 3. The SMILES string of the molecule is c1ccc(-c2ccccc2-c2ccccc2-c2ccccc2N(c2ccc3c(c2)C(c2ccccc2)(c2ccccc2)c2ccccc2-3)c2ccccc2-c2cccc3cccc(C4CCCCC4)c23)cc1. The van der Waals surface area contributed by atoms with Gasteiger partial charge in [0.05, 0.1) is 16.8 Å². The van der Waals surface area contributed by atoms with Crippen molar-refractivity contribution >= 4 is 27.8 Å². The van der Waals surface area contributed by atoms with Gasteiger partial charge in [-0.05, 0) is 126 Å². The van der Waals surface area contributed by atoms with Crippen LogP contribution in [0.2, 0.25) is 0 Å². The van der Waals surface area contributed by atoms with E-state index in [0.717, 1.165) is 22.6 Å². The minimum absolute atomic E-state index is 0.547. The molecule has 0 saturated heterocycles. The molecule has 0 aromatic heterocycles. The zero-order valence-corrected chi connectivity index (χ0v) is 40.5. The van der Waals surface area contributed by atoms with Gasteiger partial charge in [-0.15, -0.1) is 0 Å². The van der Waals surface area contributed by atoms with Crippen molar-refractivity contribution in [3.8, 4) is 55.6 Å². The average Bonchev–Trinajstić information content (AvgIpc) is 3.76. The second-order valence-corrected chi connectivity index (χ2v) is 19.7. The van der Waals surface area contributed by atoms with Crippen LogP contribution in [0.1, 0.15) is 65.8 Å². The molecular formula is C71H55N. The van der Waals surface area contributed by atoms with Gasteiger partial charge in [0.25, 0.3) is 0 Å². The van der Waals surface area contributed by atoms with E-state index >= 15 is 0 Å². The first-order chi connectivity index (χ1) is 35.8. The van der Waals surface area contributed by atoms with Gasteiger partial charge in [0, 0.05) is 16.8 Å². The monoisotopic (exact) mass is 921 g/mol. The molecule has 1 heteroatoms. The fraction of sp³-hybridized carbons (Fsp3) is 0.0986. The second-order valence-electron chi connectivity index (χ2n) is 19.7. The summed E-state index contributed by atoms with van der Waals surface area (Å²) in [7, 11) is 0. The maximum Gasteiger partial charge on any atom is 0.0714 e. The molecule has 0 spiro atoms. The Morgan fingerprint density at radius 2 is 0.778 bits per heavy atom. The number of rotatable bonds is 10. The fourth-order valence-electron chi connectivity index (χ4n) is 12.7. The largest absolute Gasteiger partial charge is 0.309 e. The van der Waals surface area contributed by atoms with E-state index in [1.807, 2.05) is 0 Å². The van der Waals surface area contributed by atoms with Crippen molar-refractivity contribution in [2.75, 3.05) is 4.90 Å². The van der Waals surface area contributed by atoms with Crippen LogP contribution in [-0.2, 0) is 5.41 Å². The highest BCUT2D eigenvalue weighted by atomic mass is 15.1. The van der Waals surface area contributed by atoms with Gasteiger partial charge in [-0.2, -0.15) is 0 Å². The van der Waals surface area contributed by atoms with Crippen LogP contribution in [0.3, 0.4) is 0 Å². The van der Waals surface area contributed by atoms with Crippen molar-refractivity contribution in [3.63, 3.8) is 0 Å². The molecule has 72 heavy (non-hydrogen) atoms. The molecule has 0 N–H and O–H groups in total. The van der Waals surface area contributed by atoms with Crippen molar-refractivity contribution in [2.45, 2.75) is 43.4 Å². The van der Waals surface area contributed by atoms with E-state index in [2.05, 4.69) is 272 Å². The summed E-state index contributed by atoms with van der Waals surface area (Å²) >= 11 is 0. The molecule has 0 heterocycles. The molecule has 13 rings (SSSR count). The summed E-state index contributed by atoms with van der Waals surface area (Å²) in [6.07, 6.45) is 6.38. The van der Waals surface area contributed by atoms with Crippen molar-refractivity contribution in [2.24, 2.45) is 0 Å². The lowest BCUT2D eigenvalue weighted by atomic mass is 9.67. The Morgan fingerprint density at radius 1 is 0.319 bits per heavy atom. The van der Waals surface area contributed by atoms with Gasteiger partial charge in [0.2, 0.25) is 0 Å². The van der Waals surface area contributed by atoms with E-state index < -0.39 is 5.41 Å². The first-order valence-corrected chi connectivity index (χ1v) is 25.9. The van der Waals surface area contributed by atoms with E-state index in [-0.39, 0.29) is 0 Å². The van der Waals surface area contributed by atoms with Gasteiger partial charge < -0.3 is 4.90 Å². The predicted molar refractivity (Wildman–Crippen MR) is 304 cm³/mol. The first-order valence-electron chi connectivity index (χ1n) is 25.9. The molecule has 11 aromatic rings. The Kier molecular flexibility index (Phi) is 11.3. The summed E-state index contributed by atoms with van der Waals surface area (Å²) in [5.41, 5.74) is 21.6. The van der Waals surface area contributed by atoms with Crippen LogP contribution in [0, 0.1) is 0 Å². The lowest BCUT2D eigenvalue weighted by Gasteiger charge is -2.35. The van der Waals surface area contributed by atoms with Gasteiger partial charge in [0.15, 0.2) is 0 Å². The molecule has 1 fully saturated rings. The zero-order chi connectivity index (χ0) is 47.8. The summed E-state index contributed by atoms with van der Waals surface area (Å²) in [6.45, 7) is 0. The molecule has 1 nitrogen and oxygen atoms in total. The average molecular weight is 922 g/mol. The third kappa shape index (κ3) is 7.30. The number of fused-ring (bicyclic) bond motifs is 4. The minimum Gasteiger partial charge on any atom is -0.309 e. The Morgan fingerprint density at radius 3 is 1.42 bits per heavy atom. The standard InChI is InChI=1S/C71H55N/c1-5-25-50(26-6-1)56-35-13-14-36-58(56)59-37-15-16-38-60(59)63-40-18-21-45-68(63)72(69-46-22-19-41-64(69)65-43-24-30-52-29-23-42-57(70(52)65)51-27-7-2-8-28-51)55-47-48-62-61-39-17-20-44-66(61)71(67(62)49-55,53-31-9-3-10-32-53)54-33-11-4-12-34-54/h1,3-6,9-26,29-49,51H,2,7-8,27-28H2. The van der Waals surface area contributed by atoms with Crippen molar-refractivity contribution in [3.05, 3.63) is 295 Å². The van der Waals surface area contributed by atoms with E-state index in [1.165, 1.54) is 121 Å². The number of nitrogens with zero attached hydrogens (tertiary/aromatic N) is 1. The van der Waals surface area contributed by atoms with Crippen LogP contribution in [-0.4, -0.2) is 0 Å². The smallest absolute Gasteiger partial charge is 0.0714 e. The van der Waals surface area contributed by atoms with Crippen molar-refractivity contribution in [1.29, 1.82) is 0 Å². The Labute approximate surface area is 424 Å². The molecule has 2 aliphatic carbocycles. The highest BCUT2D eigenvalue weighted by molar-refractivity contribution is 6.05. The molecule has 344 valence electrons. The highest BCUT2D eigenvalue weighted by Gasteiger charge is 2.46. The van der Waals surface area contributed by atoms with Crippen LogP contribution in [0.25, 0.3) is 66.4 Å². The third-order valence-electron chi connectivity index (χ3n) is 15.8. The molecule has 0 aliphatic heterocycles. The van der Waals surface area contributed by atoms with Crippen LogP contribution in [0.4, 0.5) is 17.1 Å². The third-order valence-corrected chi connectivity index (χ3v) is 15.8. The first kappa shape index (κ1) is 43.5. The molecule has 2 aliphatic rings. The van der Waals surface area contributed by atoms with E-state index in [1.54, 1.807) is 0 Å². The van der Waals surface area contributed by atoms with Gasteiger partial charge in [-0.25, -0.2) is 0 Å². The summed E-state index contributed by atoms with van der Waals surface area (Å²) in [6, 6.07) is 99.7. The number of benzene rings is 11. The Hall–Kier alpha value is -8.52. The fourth-order valence-corrected chi connectivity index (χ4v) is 12.7. The molecule has 0 atom stereocenters. The van der Waals surface area contributed by atoms with Crippen LogP contribution in [0.15, 0.2) is 267 Å². The maximum absolute atomic E-state index is 2.58.